The van der Waals surface area contributed by atoms with Gasteiger partial charge in [-0.25, -0.2) is 4.98 Å². The highest BCUT2D eigenvalue weighted by molar-refractivity contribution is 6.37. The molecule has 0 aliphatic carbocycles. The molecule has 0 radical (unpaired) electrons. The Kier molecular flexibility index (Phi) is 5.27. The number of piperidine rings is 1. The number of halogens is 1. The van der Waals surface area contributed by atoms with Crippen molar-refractivity contribution in [1.29, 1.82) is 0 Å². The lowest BCUT2D eigenvalue weighted by Gasteiger charge is -2.42. The summed E-state index contributed by atoms with van der Waals surface area (Å²) in [7, 11) is 0. The Balaban J connectivity index is 1.50. The molecule has 5 rings (SSSR count). The molecule has 6 nitrogen and oxygen atoms in total. The Bertz CT molecular complexity index is 1250. The Morgan fingerprint density at radius 2 is 1.88 bits per heavy atom. The fraction of sp³-hybridized carbons (Fsp3) is 0.440. The minimum absolute atomic E-state index is 0.0342. The fourth-order valence-corrected chi connectivity index (χ4v) is 5.64. The van der Waals surface area contributed by atoms with Gasteiger partial charge in [-0.15, -0.1) is 0 Å². The highest BCUT2D eigenvalue weighted by atomic mass is 35.5. The van der Waals surface area contributed by atoms with E-state index in [1.807, 2.05) is 50.2 Å². The number of aromatic nitrogens is 2. The first kappa shape index (κ1) is 21.4. The van der Waals surface area contributed by atoms with Gasteiger partial charge in [-0.3, -0.25) is 9.36 Å². The minimum atomic E-state index is -0.0838. The van der Waals surface area contributed by atoms with Gasteiger partial charge in [0.2, 0.25) is 0 Å². The molecule has 2 atom stereocenters. The largest absolute Gasteiger partial charge is 0.376 e. The Hall–Kier alpha value is -2.41. The molecular weight excluding hydrogens is 424 g/mol. The van der Waals surface area contributed by atoms with Gasteiger partial charge in [0.15, 0.2) is 0 Å². The summed E-state index contributed by atoms with van der Waals surface area (Å²) in [5.41, 5.74) is 7.71. The molecule has 0 amide bonds. The average molecular weight is 453 g/mol. The van der Waals surface area contributed by atoms with Crippen LogP contribution < -0.4 is 16.2 Å². The molecule has 2 aliphatic heterocycles. The lowest BCUT2D eigenvalue weighted by Crippen LogP contribution is -2.51. The first-order valence-electron chi connectivity index (χ1n) is 11.2. The number of nitrogens with zero attached hydrogens (tertiary/aromatic N) is 3. The number of ether oxygens (including phenoxy) is 1. The summed E-state index contributed by atoms with van der Waals surface area (Å²) >= 11 is 6.73. The lowest BCUT2D eigenvalue weighted by atomic mass is 9.73. The second-order valence-electron chi connectivity index (χ2n) is 9.26. The van der Waals surface area contributed by atoms with Gasteiger partial charge in [0.1, 0.15) is 11.6 Å². The molecule has 1 spiro atoms. The van der Waals surface area contributed by atoms with E-state index >= 15 is 0 Å². The van der Waals surface area contributed by atoms with E-state index in [4.69, 9.17) is 27.1 Å². The molecular formula is C25H29ClN4O2. The normalized spacial score (nSPS) is 22.7. The summed E-state index contributed by atoms with van der Waals surface area (Å²) in [6.07, 6.45) is 1.98. The molecule has 2 fully saturated rings. The van der Waals surface area contributed by atoms with Crippen molar-refractivity contribution in [2.45, 2.75) is 45.8 Å². The number of aryl methyl sites for hydroxylation is 1. The SMILES string of the molecule is Cc1c(N2CCC3(CC2)CO[C@@H](C)[C@H]3N)nc(C)n(-c2ccc3ccccc3c2Cl)c1=O. The van der Waals surface area contributed by atoms with Crippen molar-refractivity contribution >= 4 is 28.2 Å². The maximum atomic E-state index is 13.5. The number of fused-ring (bicyclic) bond motifs is 1. The van der Waals surface area contributed by atoms with Gasteiger partial charge >= 0.3 is 0 Å². The van der Waals surface area contributed by atoms with Crippen LogP contribution in [0.4, 0.5) is 5.82 Å². The topological polar surface area (TPSA) is 73.4 Å². The lowest BCUT2D eigenvalue weighted by molar-refractivity contribution is 0.0974. The third-order valence-electron chi connectivity index (χ3n) is 7.44. The molecule has 2 aliphatic rings. The Morgan fingerprint density at radius 1 is 1.16 bits per heavy atom. The van der Waals surface area contributed by atoms with Crippen molar-refractivity contribution in [3.63, 3.8) is 0 Å². The molecule has 2 N–H and O–H groups in total. The van der Waals surface area contributed by atoms with Gasteiger partial charge in [-0.1, -0.05) is 41.9 Å². The van der Waals surface area contributed by atoms with Crippen LogP contribution in [0.15, 0.2) is 41.2 Å². The predicted molar refractivity (Wildman–Crippen MR) is 129 cm³/mol. The Labute approximate surface area is 193 Å². The second kappa shape index (κ2) is 7.87. The van der Waals surface area contributed by atoms with Crippen LogP contribution in [0.5, 0.6) is 0 Å². The predicted octanol–water partition coefficient (Wildman–Crippen LogP) is 3.99. The maximum Gasteiger partial charge on any atom is 0.263 e. The van der Waals surface area contributed by atoms with Gasteiger partial charge in [0, 0.05) is 29.9 Å². The summed E-state index contributed by atoms with van der Waals surface area (Å²) in [6, 6.07) is 11.9. The molecule has 2 aromatic carbocycles. The average Bonchev–Trinajstić information content (AvgIpc) is 3.07. The van der Waals surface area contributed by atoms with Crippen molar-refractivity contribution in [3.05, 3.63) is 63.2 Å². The van der Waals surface area contributed by atoms with Crippen LogP contribution in [0.3, 0.4) is 0 Å². The summed E-state index contributed by atoms with van der Waals surface area (Å²) in [5.74, 6) is 1.39. The molecule has 2 saturated heterocycles. The van der Waals surface area contributed by atoms with Crippen molar-refractivity contribution in [1.82, 2.24) is 9.55 Å². The summed E-state index contributed by atoms with van der Waals surface area (Å²) in [6.45, 7) is 8.12. The van der Waals surface area contributed by atoms with E-state index in [2.05, 4.69) is 11.8 Å². The van der Waals surface area contributed by atoms with Crippen molar-refractivity contribution in [2.24, 2.45) is 11.1 Å². The number of hydrogen-bond donors (Lipinski definition) is 1. The minimum Gasteiger partial charge on any atom is -0.376 e. The van der Waals surface area contributed by atoms with Gasteiger partial charge in [0.05, 0.1) is 29.0 Å². The molecule has 1 aromatic heterocycles. The monoisotopic (exact) mass is 452 g/mol. The number of hydrogen-bond acceptors (Lipinski definition) is 5. The summed E-state index contributed by atoms with van der Waals surface area (Å²) < 4.78 is 7.47. The van der Waals surface area contributed by atoms with Crippen LogP contribution in [-0.4, -0.2) is 41.4 Å². The zero-order chi connectivity index (χ0) is 22.6. The van der Waals surface area contributed by atoms with E-state index in [1.54, 1.807) is 4.57 Å². The summed E-state index contributed by atoms with van der Waals surface area (Å²) in [4.78, 5) is 20.6. The number of nitrogens with two attached hydrogens (primary N) is 1. The van der Waals surface area contributed by atoms with E-state index in [0.29, 0.717) is 22.1 Å². The zero-order valence-electron chi connectivity index (χ0n) is 18.8. The number of rotatable bonds is 2. The standard InChI is InChI=1S/C25H29ClN4O2/c1-15-23(29-12-10-25(11-13-29)14-32-16(2)22(25)27)28-17(3)30(24(15)31)20-9-8-18-6-4-5-7-19(18)21(20)26/h4-9,16,22H,10-14,27H2,1-3H3/t16-,22+/m0/s1. The first-order chi connectivity index (χ1) is 15.3. The van der Waals surface area contributed by atoms with Crippen LogP contribution in [0.1, 0.15) is 31.2 Å². The van der Waals surface area contributed by atoms with E-state index in [9.17, 15) is 4.79 Å². The molecule has 3 aromatic rings. The fourth-order valence-electron chi connectivity index (χ4n) is 5.32. The van der Waals surface area contributed by atoms with Gasteiger partial charge in [0.25, 0.3) is 5.56 Å². The number of anilines is 1. The van der Waals surface area contributed by atoms with Crippen LogP contribution in [0.25, 0.3) is 16.5 Å². The highest BCUT2D eigenvalue weighted by Gasteiger charge is 2.47. The van der Waals surface area contributed by atoms with Crippen LogP contribution >= 0.6 is 11.6 Å². The molecule has 0 bridgehead atoms. The van der Waals surface area contributed by atoms with Gasteiger partial charge in [-0.2, -0.15) is 0 Å². The van der Waals surface area contributed by atoms with Gasteiger partial charge < -0.3 is 15.4 Å². The molecule has 0 saturated carbocycles. The zero-order valence-corrected chi connectivity index (χ0v) is 19.5. The van der Waals surface area contributed by atoms with Crippen molar-refractivity contribution in [2.75, 3.05) is 24.6 Å². The second-order valence-corrected chi connectivity index (χ2v) is 9.64. The molecule has 3 heterocycles. The van der Waals surface area contributed by atoms with Crippen LogP contribution in [-0.2, 0) is 4.74 Å². The molecule has 168 valence electrons. The Morgan fingerprint density at radius 3 is 2.56 bits per heavy atom. The van der Waals surface area contributed by atoms with E-state index < -0.39 is 0 Å². The van der Waals surface area contributed by atoms with Crippen LogP contribution in [0.2, 0.25) is 5.02 Å². The maximum absolute atomic E-state index is 13.5. The quantitative estimate of drug-likeness (QED) is 0.636. The van der Waals surface area contributed by atoms with Crippen molar-refractivity contribution < 1.29 is 4.74 Å². The molecule has 0 unspecified atom stereocenters. The van der Waals surface area contributed by atoms with E-state index in [0.717, 1.165) is 49.1 Å². The number of benzene rings is 2. The molecule has 7 heteroatoms. The highest BCUT2D eigenvalue weighted by Crippen LogP contribution is 2.42. The van der Waals surface area contributed by atoms with Crippen molar-refractivity contribution in [3.8, 4) is 5.69 Å². The van der Waals surface area contributed by atoms with Crippen LogP contribution in [0, 0.1) is 19.3 Å². The summed E-state index contributed by atoms with van der Waals surface area (Å²) in [5, 5.41) is 2.52. The smallest absolute Gasteiger partial charge is 0.263 e. The third-order valence-corrected chi connectivity index (χ3v) is 7.84. The van der Waals surface area contributed by atoms with Gasteiger partial charge in [-0.05, 0) is 45.1 Å². The van der Waals surface area contributed by atoms with E-state index in [1.165, 1.54) is 0 Å². The van der Waals surface area contributed by atoms with E-state index in [-0.39, 0.29) is 23.1 Å². The third kappa shape index (κ3) is 3.24. The first-order valence-corrected chi connectivity index (χ1v) is 11.6. The molecule has 32 heavy (non-hydrogen) atoms.